The van der Waals surface area contributed by atoms with Gasteiger partial charge >= 0.3 is 0 Å². The molecule has 5 nitrogen and oxygen atoms in total. The molecule has 2 N–H and O–H groups in total. The van der Waals surface area contributed by atoms with Gasteiger partial charge in [-0.3, -0.25) is 4.98 Å². The van der Waals surface area contributed by atoms with Crippen molar-refractivity contribution in [1.82, 2.24) is 9.29 Å². The van der Waals surface area contributed by atoms with E-state index in [1.165, 1.54) is 19.2 Å². The van der Waals surface area contributed by atoms with E-state index in [1.807, 2.05) is 0 Å². The smallest absolute Gasteiger partial charge is 0.247 e. The van der Waals surface area contributed by atoms with E-state index in [4.69, 9.17) is 5.73 Å². The van der Waals surface area contributed by atoms with Crippen LogP contribution in [0.2, 0.25) is 0 Å². The lowest BCUT2D eigenvalue weighted by atomic mass is 10.2. The van der Waals surface area contributed by atoms with Crippen molar-refractivity contribution in [1.29, 1.82) is 0 Å². The molecule has 0 fully saturated rings. The van der Waals surface area contributed by atoms with E-state index in [9.17, 15) is 12.8 Å². The van der Waals surface area contributed by atoms with Gasteiger partial charge in [-0.2, -0.15) is 0 Å². The first-order valence-electron chi connectivity index (χ1n) is 6.32. The summed E-state index contributed by atoms with van der Waals surface area (Å²) in [6.45, 7) is 0.222. The molecule has 0 radical (unpaired) electrons. The van der Waals surface area contributed by atoms with Gasteiger partial charge < -0.3 is 5.73 Å². The molecule has 0 atom stereocenters. The van der Waals surface area contributed by atoms with Crippen LogP contribution in [-0.2, 0) is 16.4 Å². The Hall–Kier alpha value is -1.99. The lowest BCUT2D eigenvalue weighted by Crippen LogP contribution is -2.30. The van der Waals surface area contributed by atoms with Crippen LogP contribution in [-0.4, -0.2) is 31.3 Å². The monoisotopic (exact) mass is 309 g/mol. The molecular weight excluding hydrogens is 293 g/mol. The zero-order valence-corrected chi connectivity index (χ0v) is 12.3. The number of hydrogen-bond donors (Lipinski definition) is 1. The van der Waals surface area contributed by atoms with Gasteiger partial charge in [0.05, 0.1) is 5.69 Å². The molecule has 112 valence electrons. The molecule has 1 aromatic heterocycles. The number of sulfonamides is 1. The number of likely N-dealkylation sites (N-methyl/N-ethyl adjacent to an activating group) is 1. The zero-order chi connectivity index (χ0) is 15.5. The molecule has 7 heteroatoms. The fraction of sp³-hybridized carbons (Fsp3) is 0.214. The fourth-order valence-corrected chi connectivity index (χ4v) is 3.23. The Bertz CT molecular complexity index is 700. The minimum Gasteiger partial charge on any atom is -0.398 e. The number of nitrogens with two attached hydrogens (primary N) is 1. The second-order valence-electron chi connectivity index (χ2n) is 4.59. The SMILES string of the molecule is CN(CCc1ccncc1)S(=O)(=O)c1c(N)cccc1F. The van der Waals surface area contributed by atoms with E-state index in [0.29, 0.717) is 6.42 Å². The maximum Gasteiger partial charge on any atom is 0.247 e. The predicted molar refractivity (Wildman–Crippen MR) is 78.6 cm³/mol. The Morgan fingerprint density at radius 3 is 2.52 bits per heavy atom. The van der Waals surface area contributed by atoms with E-state index in [2.05, 4.69) is 4.98 Å². The maximum atomic E-state index is 13.8. The number of hydrogen-bond acceptors (Lipinski definition) is 4. The number of pyridine rings is 1. The normalized spacial score (nSPS) is 11.8. The first-order valence-corrected chi connectivity index (χ1v) is 7.76. The van der Waals surface area contributed by atoms with E-state index in [0.717, 1.165) is 15.9 Å². The topological polar surface area (TPSA) is 76.3 Å². The van der Waals surface area contributed by atoms with Crippen molar-refractivity contribution in [2.75, 3.05) is 19.3 Å². The quantitative estimate of drug-likeness (QED) is 0.852. The Morgan fingerprint density at radius 1 is 1.24 bits per heavy atom. The summed E-state index contributed by atoms with van der Waals surface area (Å²) in [5.41, 5.74) is 6.46. The summed E-state index contributed by atoms with van der Waals surface area (Å²) < 4.78 is 39.7. The molecule has 1 aromatic carbocycles. The lowest BCUT2D eigenvalue weighted by molar-refractivity contribution is 0.466. The van der Waals surface area contributed by atoms with Crippen LogP contribution in [0.15, 0.2) is 47.6 Å². The molecule has 0 saturated heterocycles. The molecule has 2 aromatic rings. The lowest BCUT2D eigenvalue weighted by Gasteiger charge is -2.18. The number of rotatable bonds is 5. The zero-order valence-electron chi connectivity index (χ0n) is 11.5. The van der Waals surface area contributed by atoms with Crippen LogP contribution in [0.5, 0.6) is 0 Å². The van der Waals surface area contributed by atoms with Gasteiger partial charge in [-0.25, -0.2) is 17.1 Å². The summed E-state index contributed by atoms with van der Waals surface area (Å²) in [5.74, 6) is -0.842. The highest BCUT2D eigenvalue weighted by molar-refractivity contribution is 7.89. The Labute approximate surface area is 123 Å². The summed E-state index contributed by atoms with van der Waals surface area (Å²) in [6, 6.07) is 7.43. The number of nitrogen functional groups attached to an aromatic ring is 1. The van der Waals surface area contributed by atoms with Gasteiger partial charge in [-0.15, -0.1) is 0 Å². The number of benzene rings is 1. The number of halogens is 1. The van der Waals surface area contributed by atoms with Crippen molar-refractivity contribution in [3.8, 4) is 0 Å². The van der Waals surface area contributed by atoms with Gasteiger partial charge in [0.1, 0.15) is 10.7 Å². The molecule has 0 aliphatic carbocycles. The van der Waals surface area contributed by atoms with Crippen molar-refractivity contribution in [2.24, 2.45) is 0 Å². The van der Waals surface area contributed by atoms with Crippen molar-refractivity contribution in [2.45, 2.75) is 11.3 Å². The van der Waals surface area contributed by atoms with Crippen LogP contribution in [0.25, 0.3) is 0 Å². The third-order valence-electron chi connectivity index (χ3n) is 3.13. The molecule has 0 spiro atoms. The standard InChI is InChI=1S/C14H16FN3O2S/c1-18(10-7-11-5-8-17-9-6-11)21(19,20)14-12(15)3-2-4-13(14)16/h2-6,8-9H,7,10,16H2,1H3. The van der Waals surface area contributed by atoms with E-state index in [1.54, 1.807) is 24.5 Å². The van der Waals surface area contributed by atoms with Gasteiger partial charge in [0, 0.05) is 26.0 Å². The molecule has 0 aliphatic rings. The molecular formula is C14H16FN3O2S. The van der Waals surface area contributed by atoms with Crippen molar-refractivity contribution < 1.29 is 12.8 Å². The molecule has 0 bridgehead atoms. The van der Waals surface area contributed by atoms with Crippen LogP contribution in [0.1, 0.15) is 5.56 Å². The average Bonchev–Trinajstić information content (AvgIpc) is 2.45. The Balaban J connectivity index is 2.19. The summed E-state index contributed by atoms with van der Waals surface area (Å²) in [4.78, 5) is 3.42. The van der Waals surface area contributed by atoms with Crippen molar-refractivity contribution >= 4 is 15.7 Å². The molecule has 0 unspecified atom stereocenters. The Morgan fingerprint density at radius 2 is 1.90 bits per heavy atom. The maximum absolute atomic E-state index is 13.8. The predicted octanol–water partition coefficient (Wildman–Crippen LogP) is 1.67. The van der Waals surface area contributed by atoms with Crippen molar-refractivity contribution in [3.05, 3.63) is 54.1 Å². The van der Waals surface area contributed by atoms with Crippen LogP contribution in [0.3, 0.4) is 0 Å². The second-order valence-corrected chi connectivity index (χ2v) is 6.57. The summed E-state index contributed by atoms with van der Waals surface area (Å²) >= 11 is 0. The fourth-order valence-electron chi connectivity index (χ4n) is 1.91. The highest BCUT2D eigenvalue weighted by atomic mass is 32.2. The summed E-state index contributed by atoms with van der Waals surface area (Å²) in [5, 5.41) is 0. The van der Waals surface area contributed by atoms with Crippen LogP contribution < -0.4 is 5.73 Å². The van der Waals surface area contributed by atoms with E-state index >= 15 is 0 Å². The summed E-state index contributed by atoms with van der Waals surface area (Å²) in [6.07, 6.45) is 3.78. The minimum absolute atomic E-state index is 0.0919. The number of anilines is 1. The average molecular weight is 309 g/mol. The van der Waals surface area contributed by atoms with E-state index < -0.39 is 20.7 Å². The van der Waals surface area contributed by atoms with Gasteiger partial charge in [0.2, 0.25) is 10.0 Å². The minimum atomic E-state index is -3.95. The molecule has 0 amide bonds. The highest BCUT2D eigenvalue weighted by Gasteiger charge is 2.26. The molecule has 2 rings (SSSR count). The van der Waals surface area contributed by atoms with Gasteiger partial charge in [-0.05, 0) is 36.2 Å². The third kappa shape index (κ3) is 3.37. The number of aromatic nitrogens is 1. The van der Waals surface area contributed by atoms with Gasteiger partial charge in [-0.1, -0.05) is 6.07 Å². The first-order chi connectivity index (χ1) is 9.93. The molecule has 0 saturated carbocycles. The molecule has 1 heterocycles. The van der Waals surface area contributed by atoms with Gasteiger partial charge in [0.25, 0.3) is 0 Å². The first kappa shape index (κ1) is 15.4. The number of nitrogens with zero attached hydrogens (tertiary/aromatic N) is 2. The van der Waals surface area contributed by atoms with Crippen LogP contribution in [0.4, 0.5) is 10.1 Å². The third-order valence-corrected chi connectivity index (χ3v) is 5.08. The van der Waals surface area contributed by atoms with Crippen LogP contribution in [0, 0.1) is 5.82 Å². The van der Waals surface area contributed by atoms with Crippen LogP contribution >= 0.6 is 0 Å². The largest absolute Gasteiger partial charge is 0.398 e. The molecule has 21 heavy (non-hydrogen) atoms. The van der Waals surface area contributed by atoms with E-state index in [-0.39, 0.29) is 12.2 Å². The van der Waals surface area contributed by atoms with Crippen molar-refractivity contribution in [3.63, 3.8) is 0 Å². The molecule has 0 aliphatic heterocycles. The highest BCUT2D eigenvalue weighted by Crippen LogP contribution is 2.24. The van der Waals surface area contributed by atoms with Gasteiger partial charge in [0.15, 0.2) is 0 Å². The second kappa shape index (κ2) is 6.19. The Kier molecular flexibility index (Phi) is 4.54. The summed E-state index contributed by atoms with van der Waals surface area (Å²) in [7, 11) is -2.55.